The first kappa shape index (κ1) is 20.8. The predicted molar refractivity (Wildman–Crippen MR) is 108 cm³/mol. The van der Waals surface area contributed by atoms with Gasteiger partial charge in [-0.3, -0.25) is 4.79 Å². The minimum absolute atomic E-state index is 0.0108. The summed E-state index contributed by atoms with van der Waals surface area (Å²) < 4.78 is 31.8. The van der Waals surface area contributed by atoms with Gasteiger partial charge in [0.05, 0.1) is 16.4 Å². The molecular weight excluding hydrogens is 400 g/mol. The highest BCUT2D eigenvalue weighted by Gasteiger charge is 2.28. The largest absolute Gasteiger partial charge is 0.340 e. The van der Waals surface area contributed by atoms with Crippen LogP contribution in [0, 0.1) is 6.92 Å². The topological polar surface area (TPSA) is 96.6 Å². The Bertz CT molecular complexity index is 954. The van der Waals surface area contributed by atoms with Gasteiger partial charge in [-0.2, -0.15) is 9.29 Å². The number of rotatable bonds is 8. The van der Waals surface area contributed by atoms with E-state index in [-0.39, 0.29) is 10.8 Å². The molecule has 8 nitrogen and oxygen atoms in total. The summed E-state index contributed by atoms with van der Waals surface area (Å²) in [6.45, 7) is 6.78. The van der Waals surface area contributed by atoms with Gasteiger partial charge < -0.3 is 9.42 Å². The van der Waals surface area contributed by atoms with Gasteiger partial charge in [0.2, 0.25) is 21.8 Å². The van der Waals surface area contributed by atoms with Crippen LogP contribution in [0.5, 0.6) is 0 Å². The number of amides is 1. The van der Waals surface area contributed by atoms with Crippen LogP contribution in [-0.4, -0.2) is 54.2 Å². The minimum Gasteiger partial charge on any atom is -0.340 e. The lowest BCUT2D eigenvalue weighted by atomic mass is 10.2. The Hall–Kier alpha value is -1.91. The molecule has 2 aromatic rings. The SMILES string of the molecule is CCN(CC)S(=O)(=O)c1ccc2c(c1)CCN2C(=O)CSCc1noc(C)n1. The number of anilines is 1. The first-order valence-corrected chi connectivity index (χ1v) is 11.8. The van der Waals surface area contributed by atoms with Crippen LogP contribution in [0.1, 0.15) is 31.1 Å². The number of carbonyl (C=O) groups excluding carboxylic acids is 1. The van der Waals surface area contributed by atoms with Crippen LogP contribution in [0.15, 0.2) is 27.6 Å². The summed E-state index contributed by atoms with van der Waals surface area (Å²) in [5.74, 6) is 1.87. The van der Waals surface area contributed by atoms with Crippen molar-refractivity contribution in [3.8, 4) is 0 Å². The number of aryl methyl sites for hydroxylation is 1. The molecule has 0 saturated carbocycles. The molecule has 0 radical (unpaired) electrons. The molecule has 10 heteroatoms. The Labute approximate surface area is 169 Å². The van der Waals surface area contributed by atoms with Crippen molar-refractivity contribution in [1.29, 1.82) is 0 Å². The summed E-state index contributed by atoms with van der Waals surface area (Å²) in [5.41, 5.74) is 1.68. The molecule has 2 heterocycles. The number of carbonyl (C=O) groups is 1. The van der Waals surface area contributed by atoms with E-state index in [9.17, 15) is 13.2 Å². The monoisotopic (exact) mass is 424 g/mol. The standard InChI is InChI=1S/C18H24N4O4S2/c1-4-21(5-2)28(24,25)15-6-7-16-14(10-15)8-9-22(16)18(23)12-27-11-17-19-13(3)26-20-17/h6-7,10H,4-5,8-9,11-12H2,1-3H3. The van der Waals surface area contributed by atoms with Crippen molar-refractivity contribution in [1.82, 2.24) is 14.4 Å². The van der Waals surface area contributed by atoms with E-state index in [2.05, 4.69) is 10.1 Å². The van der Waals surface area contributed by atoms with Crippen molar-refractivity contribution in [3.63, 3.8) is 0 Å². The highest BCUT2D eigenvalue weighted by molar-refractivity contribution is 7.99. The van der Waals surface area contributed by atoms with Gasteiger partial charge in [-0.15, -0.1) is 11.8 Å². The normalized spacial score (nSPS) is 13.9. The van der Waals surface area contributed by atoms with E-state index in [1.165, 1.54) is 16.1 Å². The van der Waals surface area contributed by atoms with E-state index in [0.717, 1.165) is 11.3 Å². The van der Waals surface area contributed by atoms with E-state index in [1.54, 1.807) is 30.0 Å². The third kappa shape index (κ3) is 4.23. The summed E-state index contributed by atoms with van der Waals surface area (Å²) in [6, 6.07) is 5.03. The minimum atomic E-state index is -3.50. The molecule has 0 aliphatic carbocycles. The Kier molecular flexibility index (Phi) is 6.41. The van der Waals surface area contributed by atoms with Crippen LogP contribution in [0.2, 0.25) is 0 Å². The van der Waals surface area contributed by atoms with Gasteiger partial charge in [-0.1, -0.05) is 19.0 Å². The number of benzene rings is 1. The Morgan fingerprint density at radius 2 is 2.07 bits per heavy atom. The second-order valence-corrected chi connectivity index (χ2v) is 9.32. The summed E-state index contributed by atoms with van der Waals surface area (Å²) in [7, 11) is -3.50. The van der Waals surface area contributed by atoms with Crippen molar-refractivity contribution < 1.29 is 17.7 Å². The zero-order valence-corrected chi connectivity index (χ0v) is 17.8. The molecule has 0 spiro atoms. The highest BCUT2D eigenvalue weighted by Crippen LogP contribution is 2.31. The zero-order chi connectivity index (χ0) is 20.3. The van der Waals surface area contributed by atoms with Gasteiger partial charge in [-0.25, -0.2) is 8.42 Å². The fourth-order valence-corrected chi connectivity index (χ4v) is 5.46. The van der Waals surface area contributed by atoms with Crippen molar-refractivity contribution >= 4 is 33.4 Å². The number of hydrogen-bond donors (Lipinski definition) is 0. The number of sulfonamides is 1. The second kappa shape index (κ2) is 8.62. The predicted octanol–water partition coefficient (Wildman–Crippen LogP) is 2.23. The average Bonchev–Trinajstić information content (AvgIpc) is 3.28. The summed E-state index contributed by atoms with van der Waals surface area (Å²) in [5, 5.41) is 3.81. The van der Waals surface area contributed by atoms with Gasteiger partial charge in [0.1, 0.15) is 0 Å². The maximum atomic E-state index is 12.7. The van der Waals surface area contributed by atoms with E-state index >= 15 is 0 Å². The molecule has 1 aliphatic heterocycles. The van der Waals surface area contributed by atoms with Crippen LogP contribution in [0.25, 0.3) is 0 Å². The molecule has 3 rings (SSSR count). The molecule has 1 aliphatic rings. The molecule has 0 atom stereocenters. The van der Waals surface area contributed by atoms with Crippen molar-refractivity contribution in [3.05, 3.63) is 35.5 Å². The summed E-state index contributed by atoms with van der Waals surface area (Å²) >= 11 is 1.43. The fourth-order valence-electron chi connectivity index (χ4n) is 3.22. The number of hydrogen-bond acceptors (Lipinski definition) is 7. The number of nitrogens with zero attached hydrogens (tertiary/aromatic N) is 4. The molecule has 1 aromatic heterocycles. The number of aromatic nitrogens is 2. The first-order valence-electron chi connectivity index (χ1n) is 9.17. The Morgan fingerprint density at radius 3 is 2.71 bits per heavy atom. The molecule has 152 valence electrons. The maximum absolute atomic E-state index is 12.7. The quantitative estimate of drug-likeness (QED) is 0.641. The zero-order valence-electron chi connectivity index (χ0n) is 16.2. The Balaban J connectivity index is 1.67. The molecule has 1 aromatic carbocycles. The van der Waals surface area contributed by atoms with Gasteiger partial charge >= 0.3 is 0 Å². The van der Waals surface area contributed by atoms with Crippen LogP contribution in [-0.2, 0) is 27.0 Å². The van der Waals surface area contributed by atoms with Crippen LogP contribution < -0.4 is 4.90 Å². The molecular formula is C18H24N4O4S2. The second-order valence-electron chi connectivity index (χ2n) is 6.40. The van der Waals surface area contributed by atoms with E-state index in [4.69, 9.17) is 4.52 Å². The number of thioether (sulfide) groups is 1. The van der Waals surface area contributed by atoms with Crippen LogP contribution in [0.4, 0.5) is 5.69 Å². The third-order valence-corrected chi connectivity index (χ3v) is 7.58. The number of fused-ring (bicyclic) bond motifs is 1. The smallest absolute Gasteiger partial charge is 0.243 e. The molecule has 0 saturated heterocycles. The van der Waals surface area contributed by atoms with Gasteiger partial charge in [0, 0.05) is 32.2 Å². The van der Waals surface area contributed by atoms with E-state index in [1.807, 2.05) is 13.8 Å². The molecule has 28 heavy (non-hydrogen) atoms. The summed E-state index contributed by atoms with van der Waals surface area (Å²) in [4.78, 5) is 18.7. The molecule has 0 bridgehead atoms. The highest BCUT2D eigenvalue weighted by atomic mass is 32.2. The van der Waals surface area contributed by atoms with Crippen LogP contribution in [0.3, 0.4) is 0 Å². The first-order chi connectivity index (χ1) is 13.4. The van der Waals surface area contributed by atoms with E-state index in [0.29, 0.717) is 49.3 Å². The van der Waals surface area contributed by atoms with Crippen molar-refractivity contribution in [2.45, 2.75) is 37.8 Å². The van der Waals surface area contributed by atoms with Gasteiger partial charge in [-0.05, 0) is 30.2 Å². The molecule has 0 N–H and O–H groups in total. The van der Waals surface area contributed by atoms with Crippen LogP contribution >= 0.6 is 11.8 Å². The summed E-state index contributed by atoms with van der Waals surface area (Å²) in [6.07, 6.45) is 0.650. The lowest BCUT2D eigenvalue weighted by Crippen LogP contribution is -2.31. The average molecular weight is 425 g/mol. The van der Waals surface area contributed by atoms with E-state index < -0.39 is 10.0 Å². The lowest BCUT2D eigenvalue weighted by Gasteiger charge is -2.20. The van der Waals surface area contributed by atoms with Gasteiger partial charge in [0.25, 0.3) is 0 Å². The lowest BCUT2D eigenvalue weighted by molar-refractivity contribution is -0.116. The molecule has 1 amide bonds. The van der Waals surface area contributed by atoms with Crippen molar-refractivity contribution in [2.24, 2.45) is 0 Å². The van der Waals surface area contributed by atoms with Gasteiger partial charge in [0.15, 0.2) is 5.82 Å². The Morgan fingerprint density at radius 1 is 1.32 bits per heavy atom. The molecule has 0 unspecified atom stereocenters. The fraction of sp³-hybridized carbons (Fsp3) is 0.500. The maximum Gasteiger partial charge on any atom is 0.243 e. The van der Waals surface area contributed by atoms with Crippen molar-refractivity contribution in [2.75, 3.05) is 30.3 Å². The molecule has 0 fully saturated rings. The third-order valence-electron chi connectivity index (χ3n) is 4.62.